The molecule has 0 aromatic heterocycles. The molecule has 2 aromatic rings. The van der Waals surface area contributed by atoms with E-state index < -0.39 is 5.82 Å². The van der Waals surface area contributed by atoms with E-state index in [1.54, 1.807) is 11.8 Å². The number of thioether (sulfide) groups is 1. The molecule has 0 amide bonds. The van der Waals surface area contributed by atoms with Gasteiger partial charge in [0.25, 0.3) is 0 Å². The number of halogens is 3. The number of nitrogens with one attached hydrogen (secondary N) is 1. The average molecular weight is 314 g/mol. The van der Waals surface area contributed by atoms with Gasteiger partial charge in [0.1, 0.15) is 5.82 Å². The number of hydrogen-bond acceptors (Lipinski definition) is 2. The van der Waals surface area contributed by atoms with Gasteiger partial charge in [-0.1, -0.05) is 41.4 Å². The van der Waals surface area contributed by atoms with Crippen LogP contribution in [0.2, 0.25) is 10.0 Å². The van der Waals surface area contributed by atoms with Gasteiger partial charge < -0.3 is 5.32 Å². The number of fused-ring (bicyclic) bond motifs is 1. The zero-order valence-electron chi connectivity index (χ0n) is 9.79. The van der Waals surface area contributed by atoms with Gasteiger partial charge in [-0.3, -0.25) is 0 Å². The molecule has 1 aliphatic rings. The number of hydrogen-bond donors (Lipinski definition) is 1. The second-order valence-corrected chi connectivity index (χ2v) is 6.17. The molecule has 1 nitrogen and oxygen atoms in total. The predicted octanol–water partition coefficient (Wildman–Crippen LogP) is 5.39. The molecule has 0 spiro atoms. The van der Waals surface area contributed by atoms with Crippen molar-refractivity contribution in [2.75, 3.05) is 11.1 Å². The predicted molar refractivity (Wildman–Crippen MR) is 79.9 cm³/mol. The summed E-state index contributed by atoms with van der Waals surface area (Å²) >= 11 is 13.9. The lowest BCUT2D eigenvalue weighted by atomic mass is 10.1. The van der Waals surface area contributed by atoms with Crippen molar-refractivity contribution in [2.45, 2.75) is 10.9 Å². The summed E-state index contributed by atoms with van der Waals surface area (Å²) < 4.78 is 13.2. The first-order valence-corrected chi connectivity index (χ1v) is 7.52. The Labute approximate surface area is 125 Å². The molecule has 1 heterocycles. The van der Waals surface area contributed by atoms with E-state index >= 15 is 0 Å². The topological polar surface area (TPSA) is 12.0 Å². The minimum absolute atomic E-state index is 0.140. The maximum absolute atomic E-state index is 13.2. The van der Waals surface area contributed by atoms with Gasteiger partial charge in [-0.15, -0.1) is 11.8 Å². The minimum atomic E-state index is -0.429. The van der Waals surface area contributed by atoms with Gasteiger partial charge in [-0.25, -0.2) is 4.39 Å². The highest BCUT2D eigenvalue weighted by atomic mass is 35.5. The Morgan fingerprint density at radius 1 is 1.16 bits per heavy atom. The molecule has 2 aromatic carbocycles. The summed E-state index contributed by atoms with van der Waals surface area (Å²) in [6.07, 6.45) is 0. The standard InChI is InChI=1S/C14H10Cl2FNS/c15-10-5-8(17)6-11(16)14(10)18-12-7-19-13-4-2-1-3-9(12)13/h1-6,12,18H,7H2. The molecule has 3 rings (SSSR count). The molecule has 19 heavy (non-hydrogen) atoms. The van der Waals surface area contributed by atoms with Crippen molar-refractivity contribution in [2.24, 2.45) is 0 Å². The van der Waals surface area contributed by atoms with Crippen LogP contribution in [0.5, 0.6) is 0 Å². The first-order chi connectivity index (χ1) is 9.15. The first-order valence-electron chi connectivity index (χ1n) is 5.78. The Kier molecular flexibility index (Phi) is 3.61. The molecule has 0 saturated heterocycles. The third-order valence-electron chi connectivity index (χ3n) is 3.03. The maximum atomic E-state index is 13.2. The summed E-state index contributed by atoms with van der Waals surface area (Å²) in [7, 11) is 0. The summed E-state index contributed by atoms with van der Waals surface area (Å²) in [6, 6.07) is 10.9. The summed E-state index contributed by atoms with van der Waals surface area (Å²) in [5.74, 6) is 0.477. The molecule has 0 radical (unpaired) electrons. The average Bonchev–Trinajstić information content (AvgIpc) is 2.77. The lowest BCUT2D eigenvalue weighted by molar-refractivity contribution is 0.628. The van der Waals surface area contributed by atoms with Crippen molar-refractivity contribution in [3.05, 3.63) is 57.8 Å². The molecular formula is C14H10Cl2FNS. The molecule has 1 atom stereocenters. The van der Waals surface area contributed by atoms with Crippen LogP contribution in [0.15, 0.2) is 41.3 Å². The summed E-state index contributed by atoms with van der Waals surface area (Å²) in [5.41, 5.74) is 1.82. The van der Waals surface area contributed by atoms with Crippen LogP contribution in [0.4, 0.5) is 10.1 Å². The molecule has 1 N–H and O–H groups in total. The van der Waals surface area contributed by atoms with E-state index in [1.807, 2.05) is 12.1 Å². The van der Waals surface area contributed by atoms with E-state index in [4.69, 9.17) is 23.2 Å². The maximum Gasteiger partial charge on any atom is 0.126 e. The van der Waals surface area contributed by atoms with Gasteiger partial charge in [0.2, 0.25) is 0 Å². The minimum Gasteiger partial charge on any atom is -0.375 e. The van der Waals surface area contributed by atoms with Gasteiger partial charge in [-0.05, 0) is 23.8 Å². The van der Waals surface area contributed by atoms with E-state index in [0.717, 1.165) is 5.75 Å². The Hall–Kier alpha value is -0.900. The lowest BCUT2D eigenvalue weighted by Gasteiger charge is -2.17. The van der Waals surface area contributed by atoms with Gasteiger partial charge in [0.15, 0.2) is 0 Å². The van der Waals surface area contributed by atoms with E-state index in [9.17, 15) is 4.39 Å². The Balaban J connectivity index is 1.92. The molecule has 0 fully saturated rings. The third-order valence-corrected chi connectivity index (χ3v) is 4.80. The Morgan fingerprint density at radius 2 is 1.84 bits per heavy atom. The van der Waals surface area contributed by atoms with Crippen LogP contribution < -0.4 is 5.32 Å². The van der Waals surface area contributed by atoms with Gasteiger partial charge in [0.05, 0.1) is 21.8 Å². The third kappa shape index (κ3) is 2.55. The van der Waals surface area contributed by atoms with Crippen LogP contribution in [-0.2, 0) is 0 Å². The Bertz CT molecular complexity index is 610. The highest BCUT2D eigenvalue weighted by molar-refractivity contribution is 7.99. The summed E-state index contributed by atoms with van der Waals surface area (Å²) in [4.78, 5) is 1.26. The van der Waals surface area contributed by atoms with Crippen LogP contribution in [0.1, 0.15) is 11.6 Å². The highest BCUT2D eigenvalue weighted by Crippen LogP contribution is 2.42. The number of benzene rings is 2. The second kappa shape index (κ2) is 5.23. The van der Waals surface area contributed by atoms with Crippen LogP contribution >= 0.6 is 35.0 Å². The number of anilines is 1. The zero-order chi connectivity index (χ0) is 13.4. The van der Waals surface area contributed by atoms with Gasteiger partial charge in [-0.2, -0.15) is 0 Å². The van der Waals surface area contributed by atoms with Crippen molar-refractivity contribution in [1.82, 2.24) is 0 Å². The van der Waals surface area contributed by atoms with E-state index in [-0.39, 0.29) is 6.04 Å². The normalized spacial score (nSPS) is 17.3. The van der Waals surface area contributed by atoms with Crippen LogP contribution in [0.25, 0.3) is 0 Å². The highest BCUT2D eigenvalue weighted by Gasteiger charge is 2.24. The van der Waals surface area contributed by atoms with Gasteiger partial charge >= 0.3 is 0 Å². The zero-order valence-corrected chi connectivity index (χ0v) is 12.1. The quantitative estimate of drug-likeness (QED) is 0.797. The fourth-order valence-electron chi connectivity index (χ4n) is 2.14. The van der Waals surface area contributed by atoms with Crippen molar-refractivity contribution in [3.63, 3.8) is 0 Å². The molecule has 1 unspecified atom stereocenters. The summed E-state index contributed by atoms with van der Waals surface area (Å²) in [5, 5.41) is 3.92. The first kappa shape index (κ1) is 13.1. The van der Waals surface area contributed by atoms with Crippen molar-refractivity contribution in [3.8, 4) is 0 Å². The van der Waals surface area contributed by atoms with Crippen LogP contribution in [-0.4, -0.2) is 5.75 Å². The molecule has 5 heteroatoms. The fourth-order valence-corrected chi connectivity index (χ4v) is 3.87. The van der Waals surface area contributed by atoms with Crippen molar-refractivity contribution >= 4 is 40.7 Å². The van der Waals surface area contributed by atoms with Crippen LogP contribution in [0, 0.1) is 5.82 Å². The van der Waals surface area contributed by atoms with Crippen molar-refractivity contribution in [1.29, 1.82) is 0 Å². The summed E-state index contributed by atoms with van der Waals surface area (Å²) in [6.45, 7) is 0. The van der Waals surface area contributed by atoms with E-state index in [1.165, 1.54) is 22.6 Å². The van der Waals surface area contributed by atoms with E-state index in [0.29, 0.717) is 15.7 Å². The molecule has 1 aliphatic heterocycles. The monoisotopic (exact) mass is 313 g/mol. The smallest absolute Gasteiger partial charge is 0.126 e. The second-order valence-electron chi connectivity index (χ2n) is 4.29. The van der Waals surface area contributed by atoms with Gasteiger partial charge in [0, 0.05) is 10.6 Å². The number of rotatable bonds is 2. The molecule has 98 valence electrons. The molecule has 0 saturated carbocycles. The SMILES string of the molecule is Fc1cc(Cl)c(NC2CSc3ccccc32)c(Cl)c1. The molecule has 0 aliphatic carbocycles. The van der Waals surface area contributed by atoms with Crippen LogP contribution in [0.3, 0.4) is 0 Å². The molecule has 0 bridgehead atoms. The van der Waals surface area contributed by atoms with Crippen molar-refractivity contribution < 1.29 is 4.39 Å². The molecular weight excluding hydrogens is 304 g/mol. The largest absolute Gasteiger partial charge is 0.375 e. The fraction of sp³-hybridized carbons (Fsp3) is 0.143. The van der Waals surface area contributed by atoms with E-state index in [2.05, 4.69) is 17.4 Å². The lowest BCUT2D eigenvalue weighted by Crippen LogP contribution is -2.10. The Morgan fingerprint density at radius 3 is 2.58 bits per heavy atom.